The number of hydrogen-bond donors (Lipinski definition) is 2. The van der Waals surface area contributed by atoms with E-state index in [0.717, 1.165) is 5.56 Å². The van der Waals surface area contributed by atoms with E-state index in [0.29, 0.717) is 0 Å². The van der Waals surface area contributed by atoms with Crippen LogP contribution in [-0.2, 0) is 20.7 Å². The molecule has 1 aromatic carbocycles. The Bertz CT molecular complexity index is 405. The van der Waals surface area contributed by atoms with Gasteiger partial charge in [-0.3, -0.25) is 4.79 Å². The van der Waals surface area contributed by atoms with E-state index < -0.39 is 18.1 Å². The van der Waals surface area contributed by atoms with Gasteiger partial charge >= 0.3 is 5.97 Å². The molecule has 0 saturated heterocycles. The molecule has 5 heteroatoms. The van der Waals surface area contributed by atoms with Crippen molar-refractivity contribution >= 4 is 11.9 Å². The molecule has 0 bridgehead atoms. The van der Waals surface area contributed by atoms with E-state index in [-0.39, 0.29) is 12.3 Å². The van der Waals surface area contributed by atoms with Gasteiger partial charge in [0.05, 0.1) is 12.5 Å². The summed E-state index contributed by atoms with van der Waals surface area (Å²) in [5.41, 5.74) is 0.837. The van der Waals surface area contributed by atoms with Crippen LogP contribution in [0.3, 0.4) is 0 Å². The molecule has 1 rings (SSSR count). The van der Waals surface area contributed by atoms with Crippen molar-refractivity contribution in [3.8, 4) is 0 Å². The molecule has 98 valence electrons. The summed E-state index contributed by atoms with van der Waals surface area (Å²) in [7, 11) is 1.41. The van der Waals surface area contributed by atoms with E-state index in [9.17, 15) is 9.59 Å². The number of rotatable bonds is 6. The highest BCUT2D eigenvalue weighted by Gasteiger charge is 2.26. The summed E-state index contributed by atoms with van der Waals surface area (Å²) in [4.78, 5) is 22.7. The second-order valence-electron chi connectivity index (χ2n) is 3.99. The predicted octanol–water partition coefficient (Wildman–Crippen LogP) is 0.833. The largest absolute Gasteiger partial charge is 0.480 e. The lowest BCUT2D eigenvalue weighted by atomic mass is 10.1. The molecule has 18 heavy (non-hydrogen) atoms. The van der Waals surface area contributed by atoms with Crippen LogP contribution in [0.25, 0.3) is 0 Å². The van der Waals surface area contributed by atoms with Crippen molar-refractivity contribution in [3.63, 3.8) is 0 Å². The van der Waals surface area contributed by atoms with E-state index in [1.165, 1.54) is 7.11 Å². The molecule has 0 aliphatic heterocycles. The minimum atomic E-state index is -1.11. The summed E-state index contributed by atoms with van der Waals surface area (Å²) in [5.74, 6) is -1.44. The molecule has 1 aromatic rings. The van der Waals surface area contributed by atoms with Gasteiger partial charge in [-0.1, -0.05) is 30.3 Å². The first-order chi connectivity index (χ1) is 8.54. The maximum Gasteiger partial charge on any atom is 0.328 e. The van der Waals surface area contributed by atoms with Gasteiger partial charge in [0.15, 0.2) is 6.04 Å². The van der Waals surface area contributed by atoms with Gasteiger partial charge in [0, 0.05) is 7.11 Å². The fourth-order valence-electron chi connectivity index (χ4n) is 1.52. The fourth-order valence-corrected chi connectivity index (χ4v) is 1.52. The molecule has 0 heterocycles. The number of methoxy groups -OCH3 is 1. The van der Waals surface area contributed by atoms with Gasteiger partial charge in [-0.05, 0) is 12.5 Å². The minimum absolute atomic E-state index is 0.154. The maximum atomic E-state index is 11.7. The van der Waals surface area contributed by atoms with Gasteiger partial charge in [0.2, 0.25) is 5.91 Å². The van der Waals surface area contributed by atoms with Crippen molar-refractivity contribution in [2.75, 3.05) is 7.11 Å². The second kappa shape index (κ2) is 6.76. The second-order valence-corrected chi connectivity index (χ2v) is 3.99. The van der Waals surface area contributed by atoms with Gasteiger partial charge in [0.25, 0.3) is 0 Å². The van der Waals surface area contributed by atoms with E-state index in [2.05, 4.69) is 5.32 Å². The average Bonchev–Trinajstić information content (AvgIpc) is 2.36. The zero-order valence-electron chi connectivity index (χ0n) is 10.4. The monoisotopic (exact) mass is 251 g/mol. The van der Waals surface area contributed by atoms with Crippen LogP contribution in [0.15, 0.2) is 30.3 Å². The first-order valence-corrected chi connectivity index (χ1v) is 5.63. The van der Waals surface area contributed by atoms with Crippen molar-refractivity contribution in [1.82, 2.24) is 5.32 Å². The lowest BCUT2D eigenvalue weighted by Crippen LogP contribution is -2.48. The zero-order valence-corrected chi connectivity index (χ0v) is 10.4. The van der Waals surface area contributed by atoms with Gasteiger partial charge in [0.1, 0.15) is 0 Å². The number of aliphatic carboxylic acids is 1. The van der Waals surface area contributed by atoms with Crippen LogP contribution in [0.2, 0.25) is 0 Å². The van der Waals surface area contributed by atoms with Crippen molar-refractivity contribution in [2.24, 2.45) is 0 Å². The Morgan fingerprint density at radius 1 is 1.33 bits per heavy atom. The van der Waals surface area contributed by atoms with Crippen LogP contribution in [0.5, 0.6) is 0 Å². The molecule has 0 saturated carbocycles. The van der Waals surface area contributed by atoms with Gasteiger partial charge in [-0.2, -0.15) is 0 Å². The lowest BCUT2D eigenvalue weighted by Gasteiger charge is -2.20. The van der Waals surface area contributed by atoms with Gasteiger partial charge in [-0.15, -0.1) is 0 Å². The fraction of sp³-hybridized carbons (Fsp3) is 0.385. The Hall–Kier alpha value is -1.88. The number of carbonyl (C=O) groups excluding carboxylic acids is 1. The molecule has 2 atom stereocenters. The first-order valence-electron chi connectivity index (χ1n) is 5.63. The van der Waals surface area contributed by atoms with Gasteiger partial charge in [-0.25, -0.2) is 4.79 Å². The molecule has 1 amide bonds. The number of benzene rings is 1. The van der Waals surface area contributed by atoms with Crippen molar-refractivity contribution < 1.29 is 19.4 Å². The number of nitrogens with one attached hydrogen (secondary N) is 1. The summed E-state index contributed by atoms with van der Waals surface area (Å²) >= 11 is 0. The maximum absolute atomic E-state index is 11.7. The molecule has 0 aromatic heterocycles. The predicted molar refractivity (Wildman–Crippen MR) is 66.2 cm³/mol. The van der Waals surface area contributed by atoms with Crippen molar-refractivity contribution in [2.45, 2.75) is 25.5 Å². The zero-order chi connectivity index (χ0) is 13.5. The highest BCUT2D eigenvalue weighted by molar-refractivity contribution is 5.85. The summed E-state index contributed by atoms with van der Waals surface area (Å²) in [5, 5.41) is 11.4. The molecular weight excluding hydrogens is 234 g/mol. The summed E-state index contributed by atoms with van der Waals surface area (Å²) < 4.78 is 4.93. The molecule has 2 N–H and O–H groups in total. The third kappa shape index (κ3) is 4.18. The van der Waals surface area contributed by atoms with Crippen LogP contribution in [0.1, 0.15) is 12.5 Å². The van der Waals surface area contributed by atoms with Crippen LogP contribution in [0.4, 0.5) is 0 Å². The van der Waals surface area contributed by atoms with Crippen LogP contribution in [0, 0.1) is 0 Å². The van der Waals surface area contributed by atoms with E-state index in [1.807, 2.05) is 30.3 Å². The van der Waals surface area contributed by atoms with Crippen molar-refractivity contribution in [1.29, 1.82) is 0 Å². The number of carbonyl (C=O) groups is 2. The Morgan fingerprint density at radius 2 is 1.94 bits per heavy atom. The van der Waals surface area contributed by atoms with Crippen LogP contribution in [-0.4, -0.2) is 36.2 Å². The number of ether oxygens (including phenoxy) is 1. The van der Waals surface area contributed by atoms with Crippen LogP contribution >= 0.6 is 0 Å². The van der Waals surface area contributed by atoms with E-state index in [1.54, 1.807) is 6.92 Å². The molecule has 0 radical (unpaired) electrons. The average molecular weight is 251 g/mol. The number of amides is 1. The quantitative estimate of drug-likeness (QED) is 0.785. The lowest BCUT2D eigenvalue weighted by molar-refractivity contribution is -0.145. The van der Waals surface area contributed by atoms with Crippen molar-refractivity contribution in [3.05, 3.63) is 35.9 Å². The molecule has 0 fully saturated rings. The SMILES string of the molecule is CO[C@H](C)[C@H](NC(=O)Cc1ccccc1)C(=O)O. The summed E-state index contributed by atoms with van der Waals surface area (Å²) in [6, 6.07) is 8.11. The number of carboxylic acids is 1. The normalized spacial score (nSPS) is 13.7. The topological polar surface area (TPSA) is 75.6 Å². The summed E-state index contributed by atoms with van der Waals surface area (Å²) in [6.45, 7) is 1.60. The summed E-state index contributed by atoms with van der Waals surface area (Å²) in [6.07, 6.45) is -0.427. The molecular formula is C13H17NO4. The standard InChI is InChI=1S/C13H17NO4/c1-9(18-2)12(13(16)17)14-11(15)8-10-6-4-3-5-7-10/h3-7,9,12H,8H2,1-2H3,(H,14,15)(H,16,17)/t9-,12+/m1/s1. The number of carboxylic acid groups (broad SMARTS) is 1. The van der Waals surface area contributed by atoms with E-state index >= 15 is 0 Å². The first kappa shape index (κ1) is 14.2. The molecule has 0 aliphatic carbocycles. The Balaban J connectivity index is 2.60. The molecule has 0 aliphatic rings. The third-order valence-corrected chi connectivity index (χ3v) is 2.63. The third-order valence-electron chi connectivity index (χ3n) is 2.63. The van der Waals surface area contributed by atoms with Crippen LogP contribution < -0.4 is 5.32 Å². The Kier molecular flexibility index (Phi) is 5.32. The molecule has 5 nitrogen and oxygen atoms in total. The Labute approximate surface area is 106 Å². The highest BCUT2D eigenvalue weighted by atomic mass is 16.5. The smallest absolute Gasteiger partial charge is 0.328 e. The highest BCUT2D eigenvalue weighted by Crippen LogP contribution is 2.02. The Morgan fingerprint density at radius 3 is 2.44 bits per heavy atom. The van der Waals surface area contributed by atoms with E-state index in [4.69, 9.17) is 9.84 Å². The molecule has 0 spiro atoms. The minimum Gasteiger partial charge on any atom is -0.480 e. The number of hydrogen-bond acceptors (Lipinski definition) is 3. The van der Waals surface area contributed by atoms with Gasteiger partial charge < -0.3 is 15.2 Å². The molecule has 0 unspecified atom stereocenters.